The van der Waals surface area contributed by atoms with E-state index in [1.165, 1.54) is 31.4 Å². The lowest BCUT2D eigenvalue weighted by Crippen LogP contribution is -2.13. The fourth-order valence-electron chi connectivity index (χ4n) is 4.20. The van der Waals surface area contributed by atoms with Gasteiger partial charge in [-0.15, -0.1) is 10.2 Å². The number of methoxy groups -OCH3 is 1. The number of nitro groups is 1. The molecule has 0 atom stereocenters. The van der Waals surface area contributed by atoms with Crippen LogP contribution >= 0.6 is 0 Å². The van der Waals surface area contributed by atoms with Gasteiger partial charge in [-0.1, -0.05) is 42.5 Å². The van der Waals surface area contributed by atoms with Crippen LogP contribution in [-0.2, 0) is 0 Å². The molecular formula is C31H23N5O6. The maximum absolute atomic E-state index is 13.3. The molecule has 0 aromatic heterocycles. The van der Waals surface area contributed by atoms with E-state index in [0.29, 0.717) is 27.7 Å². The largest absolute Gasteiger partial charge is 0.505 e. The fourth-order valence-corrected chi connectivity index (χ4v) is 4.20. The Morgan fingerprint density at radius 2 is 1.45 bits per heavy atom. The first-order chi connectivity index (χ1) is 20.3. The maximum Gasteiger partial charge on any atom is 0.273 e. The van der Waals surface area contributed by atoms with E-state index in [1.807, 2.05) is 6.07 Å². The summed E-state index contributed by atoms with van der Waals surface area (Å²) in [6, 6.07) is 27.7. The number of ether oxygens (including phenoxy) is 1. The molecule has 5 aromatic carbocycles. The molecule has 42 heavy (non-hydrogen) atoms. The molecule has 0 aliphatic heterocycles. The van der Waals surface area contributed by atoms with Gasteiger partial charge in [0.1, 0.15) is 11.4 Å². The number of azo groups is 1. The SMILES string of the molecule is COc1cc([N+](=O)[O-])ccc1/N=N/c1c(O)c(C(=O)Nc2ccccc2)cc2cc(C(=O)Nc3ccccc3)ccc12. The van der Waals surface area contributed by atoms with E-state index < -0.39 is 16.6 Å². The minimum absolute atomic E-state index is 0.0406. The van der Waals surface area contributed by atoms with Gasteiger partial charge in [-0.3, -0.25) is 19.7 Å². The van der Waals surface area contributed by atoms with Gasteiger partial charge >= 0.3 is 0 Å². The number of para-hydroxylation sites is 2. The Kier molecular flexibility index (Phi) is 7.82. The predicted molar refractivity (Wildman–Crippen MR) is 158 cm³/mol. The second-order valence-corrected chi connectivity index (χ2v) is 9.01. The Morgan fingerprint density at radius 3 is 2.07 bits per heavy atom. The van der Waals surface area contributed by atoms with Crippen LogP contribution in [0.1, 0.15) is 20.7 Å². The van der Waals surface area contributed by atoms with Crippen molar-refractivity contribution in [2.45, 2.75) is 0 Å². The molecule has 0 radical (unpaired) electrons. The Hall–Kier alpha value is -6.10. The van der Waals surface area contributed by atoms with Crippen LogP contribution in [0.2, 0.25) is 0 Å². The number of aromatic hydroxyl groups is 1. The molecular weight excluding hydrogens is 538 g/mol. The molecule has 5 rings (SSSR count). The molecule has 11 heteroatoms. The molecule has 0 aliphatic carbocycles. The topological polar surface area (TPSA) is 156 Å². The lowest BCUT2D eigenvalue weighted by molar-refractivity contribution is -0.384. The van der Waals surface area contributed by atoms with Crippen molar-refractivity contribution in [2.24, 2.45) is 10.2 Å². The molecule has 0 heterocycles. The second kappa shape index (κ2) is 12.0. The van der Waals surface area contributed by atoms with Gasteiger partial charge in [0.05, 0.1) is 23.7 Å². The van der Waals surface area contributed by atoms with Crippen molar-refractivity contribution >= 4 is 51.0 Å². The van der Waals surface area contributed by atoms with Crippen molar-refractivity contribution in [3.05, 3.63) is 124 Å². The number of phenolic OH excluding ortho intramolecular Hbond substituents is 1. The average Bonchev–Trinajstić information content (AvgIpc) is 3.01. The molecule has 0 fully saturated rings. The summed E-state index contributed by atoms with van der Waals surface area (Å²) in [6.45, 7) is 0. The molecule has 208 valence electrons. The van der Waals surface area contributed by atoms with Crippen LogP contribution < -0.4 is 15.4 Å². The molecule has 2 amide bonds. The summed E-state index contributed by atoms with van der Waals surface area (Å²) in [5, 5.41) is 37.2. The zero-order valence-electron chi connectivity index (χ0n) is 22.1. The number of carbonyl (C=O) groups excluding carboxylic acids is 2. The molecule has 0 aliphatic rings. The van der Waals surface area contributed by atoms with Gasteiger partial charge in [-0.05, 0) is 53.9 Å². The highest BCUT2D eigenvalue weighted by atomic mass is 16.6. The summed E-state index contributed by atoms with van der Waals surface area (Å²) in [5.41, 5.74) is 1.26. The summed E-state index contributed by atoms with van der Waals surface area (Å²) in [7, 11) is 1.33. The van der Waals surface area contributed by atoms with E-state index >= 15 is 0 Å². The van der Waals surface area contributed by atoms with Crippen LogP contribution in [0.25, 0.3) is 10.8 Å². The number of non-ortho nitro benzene ring substituents is 1. The zero-order chi connectivity index (χ0) is 29.6. The number of anilines is 2. The number of hydrogen-bond donors (Lipinski definition) is 3. The van der Waals surface area contributed by atoms with Crippen LogP contribution in [0, 0.1) is 10.1 Å². The number of benzene rings is 5. The van der Waals surface area contributed by atoms with Crippen LogP contribution in [0.5, 0.6) is 11.5 Å². The third-order valence-electron chi connectivity index (χ3n) is 6.29. The van der Waals surface area contributed by atoms with E-state index in [2.05, 4.69) is 20.9 Å². The van der Waals surface area contributed by atoms with Gasteiger partial charge in [0.25, 0.3) is 17.5 Å². The molecule has 0 bridgehead atoms. The second-order valence-electron chi connectivity index (χ2n) is 9.01. The highest BCUT2D eigenvalue weighted by Crippen LogP contribution is 2.41. The molecule has 11 nitrogen and oxygen atoms in total. The normalized spacial score (nSPS) is 10.9. The van der Waals surface area contributed by atoms with E-state index in [4.69, 9.17) is 4.74 Å². The highest BCUT2D eigenvalue weighted by molar-refractivity contribution is 6.13. The molecule has 0 spiro atoms. The monoisotopic (exact) mass is 561 g/mol. The van der Waals surface area contributed by atoms with Gasteiger partial charge in [-0.2, -0.15) is 0 Å². The first kappa shape index (κ1) is 27.5. The molecule has 3 N–H and O–H groups in total. The number of carbonyl (C=O) groups is 2. The number of hydrogen-bond acceptors (Lipinski definition) is 8. The third-order valence-corrected chi connectivity index (χ3v) is 6.29. The third kappa shape index (κ3) is 5.89. The van der Waals surface area contributed by atoms with E-state index in [1.54, 1.807) is 72.8 Å². The van der Waals surface area contributed by atoms with Crippen molar-refractivity contribution in [3.63, 3.8) is 0 Å². The van der Waals surface area contributed by atoms with Crippen molar-refractivity contribution < 1.29 is 24.4 Å². The smallest absolute Gasteiger partial charge is 0.273 e. The van der Waals surface area contributed by atoms with Gasteiger partial charge in [0, 0.05) is 28.4 Å². The summed E-state index contributed by atoms with van der Waals surface area (Å²) in [4.78, 5) is 36.8. The molecule has 0 unspecified atom stereocenters. The minimum atomic E-state index is -0.607. The lowest BCUT2D eigenvalue weighted by Gasteiger charge is -2.12. The van der Waals surface area contributed by atoms with Gasteiger partial charge in [-0.25, -0.2) is 0 Å². The molecule has 0 saturated carbocycles. The van der Waals surface area contributed by atoms with E-state index in [0.717, 1.165) is 0 Å². The van der Waals surface area contributed by atoms with Crippen LogP contribution in [0.4, 0.5) is 28.4 Å². The summed E-state index contributed by atoms with van der Waals surface area (Å²) in [6.07, 6.45) is 0. The minimum Gasteiger partial charge on any atom is -0.505 e. The maximum atomic E-state index is 13.3. The first-order valence-electron chi connectivity index (χ1n) is 12.6. The van der Waals surface area contributed by atoms with Crippen molar-refractivity contribution in [1.82, 2.24) is 0 Å². The summed E-state index contributed by atoms with van der Waals surface area (Å²) < 4.78 is 5.23. The Morgan fingerprint density at radius 1 is 0.810 bits per heavy atom. The van der Waals surface area contributed by atoms with E-state index in [-0.39, 0.29) is 34.3 Å². The molecule has 0 saturated heterocycles. The number of rotatable bonds is 8. The standard InChI is InChI=1S/C31H23N5O6/c1-42-27-18-23(36(40)41)13-15-26(27)34-35-28-24-14-12-19(30(38)32-21-8-4-2-5-9-21)16-20(24)17-25(29(28)37)31(39)33-22-10-6-3-7-11-22/h2-18,37H,1H3,(H,32,38)(H,33,39)/b35-34+. The number of amides is 2. The number of nitro benzene ring substituents is 1. The van der Waals surface area contributed by atoms with Gasteiger partial charge in [0.2, 0.25) is 0 Å². The number of nitrogens with zero attached hydrogens (tertiary/aromatic N) is 3. The zero-order valence-corrected chi connectivity index (χ0v) is 22.1. The fraction of sp³-hybridized carbons (Fsp3) is 0.0323. The number of fused-ring (bicyclic) bond motifs is 1. The van der Waals surface area contributed by atoms with Gasteiger partial charge < -0.3 is 20.5 Å². The van der Waals surface area contributed by atoms with Crippen molar-refractivity contribution in [1.29, 1.82) is 0 Å². The van der Waals surface area contributed by atoms with E-state index in [9.17, 15) is 24.8 Å². The summed E-state index contributed by atoms with van der Waals surface area (Å²) >= 11 is 0. The number of phenols is 1. The number of nitrogens with one attached hydrogen (secondary N) is 2. The summed E-state index contributed by atoms with van der Waals surface area (Å²) in [5.74, 6) is -1.33. The van der Waals surface area contributed by atoms with Crippen LogP contribution in [-0.4, -0.2) is 29.0 Å². The Bertz CT molecular complexity index is 1840. The van der Waals surface area contributed by atoms with Gasteiger partial charge in [0.15, 0.2) is 11.5 Å². The Balaban J connectivity index is 1.59. The molecule has 5 aromatic rings. The van der Waals surface area contributed by atoms with Crippen LogP contribution in [0.3, 0.4) is 0 Å². The average molecular weight is 562 g/mol. The highest BCUT2D eigenvalue weighted by Gasteiger charge is 2.20. The van der Waals surface area contributed by atoms with Crippen LogP contribution in [0.15, 0.2) is 113 Å². The van der Waals surface area contributed by atoms with Crippen molar-refractivity contribution in [2.75, 3.05) is 17.7 Å². The first-order valence-corrected chi connectivity index (χ1v) is 12.6. The van der Waals surface area contributed by atoms with Crippen molar-refractivity contribution in [3.8, 4) is 11.5 Å². The lowest BCUT2D eigenvalue weighted by atomic mass is 10.0. The Labute approximate surface area is 239 Å². The quantitative estimate of drug-likeness (QED) is 0.102. The predicted octanol–water partition coefficient (Wildman–Crippen LogP) is 7.38.